The van der Waals surface area contributed by atoms with Gasteiger partial charge in [0.05, 0.1) is 18.2 Å². The molecule has 0 spiro atoms. The van der Waals surface area contributed by atoms with Crippen LogP contribution in [-0.4, -0.2) is 19.8 Å². The lowest BCUT2D eigenvalue weighted by Gasteiger charge is -2.15. The molecule has 0 aromatic heterocycles. The van der Waals surface area contributed by atoms with Crippen LogP contribution in [0.25, 0.3) is 0 Å². The lowest BCUT2D eigenvalue weighted by Crippen LogP contribution is -2.14. The first kappa shape index (κ1) is 20.4. The molecule has 0 aliphatic rings. The summed E-state index contributed by atoms with van der Waals surface area (Å²) in [5, 5.41) is 4.03. The van der Waals surface area contributed by atoms with E-state index in [0.717, 1.165) is 30.8 Å². The van der Waals surface area contributed by atoms with Gasteiger partial charge in [0.1, 0.15) is 0 Å². The fourth-order valence-electron chi connectivity index (χ4n) is 1.87. The maximum absolute atomic E-state index is 6.31. The van der Waals surface area contributed by atoms with Crippen molar-refractivity contribution < 1.29 is 9.47 Å². The highest BCUT2D eigenvalue weighted by Gasteiger charge is 2.12. The number of rotatable bonds is 10. The van der Waals surface area contributed by atoms with E-state index < -0.39 is 0 Å². The van der Waals surface area contributed by atoms with E-state index in [-0.39, 0.29) is 12.4 Å². The van der Waals surface area contributed by atoms with E-state index >= 15 is 0 Å². The summed E-state index contributed by atoms with van der Waals surface area (Å²) >= 11 is 6.31. The van der Waals surface area contributed by atoms with Gasteiger partial charge in [-0.3, -0.25) is 0 Å². The van der Waals surface area contributed by atoms with Gasteiger partial charge in [-0.05, 0) is 44.0 Å². The van der Waals surface area contributed by atoms with Crippen LogP contribution in [-0.2, 0) is 6.54 Å². The number of benzene rings is 1. The summed E-state index contributed by atoms with van der Waals surface area (Å²) in [6, 6.07) is 3.97. The van der Waals surface area contributed by atoms with Gasteiger partial charge in [0.25, 0.3) is 0 Å². The molecular weight excluding hydrogens is 309 g/mol. The number of halogens is 2. The van der Waals surface area contributed by atoms with Crippen molar-refractivity contribution >= 4 is 24.0 Å². The zero-order valence-electron chi connectivity index (χ0n) is 13.2. The van der Waals surface area contributed by atoms with E-state index in [4.69, 9.17) is 21.1 Å². The Hall–Kier alpha value is -0.640. The normalized spacial score (nSPS) is 10.1. The Morgan fingerprint density at radius 2 is 1.86 bits per heavy atom. The molecule has 122 valence electrons. The van der Waals surface area contributed by atoms with E-state index in [9.17, 15) is 0 Å². The van der Waals surface area contributed by atoms with Crippen molar-refractivity contribution in [3.8, 4) is 11.5 Å². The van der Waals surface area contributed by atoms with Gasteiger partial charge >= 0.3 is 0 Å². The highest BCUT2D eigenvalue weighted by molar-refractivity contribution is 6.32. The molecule has 0 aliphatic heterocycles. The quantitative estimate of drug-likeness (QED) is 0.620. The number of hydrogen-bond donors (Lipinski definition) is 1. The summed E-state index contributed by atoms with van der Waals surface area (Å²) in [5.41, 5.74) is 1.12. The number of hydrogen-bond acceptors (Lipinski definition) is 3. The van der Waals surface area contributed by atoms with Gasteiger partial charge < -0.3 is 14.8 Å². The molecule has 1 rings (SSSR count). The predicted octanol–water partition coefficient (Wildman–Crippen LogP) is 4.84. The molecule has 0 radical (unpaired) electrons. The van der Waals surface area contributed by atoms with Gasteiger partial charge in [-0.1, -0.05) is 31.9 Å². The minimum absolute atomic E-state index is 0. The molecule has 0 amide bonds. The standard InChI is InChI=1S/C16H26ClNO2.ClH/c1-4-7-8-18-12-13-10-14(17)16(20-9-5-2)15(11-13)19-6-3;/h10-11,18H,4-9,12H2,1-3H3;1H. The Kier molecular flexibility index (Phi) is 11.6. The first-order valence-electron chi connectivity index (χ1n) is 7.51. The average molecular weight is 336 g/mol. The van der Waals surface area contributed by atoms with E-state index in [1.54, 1.807) is 0 Å². The third kappa shape index (κ3) is 7.25. The fourth-order valence-corrected chi connectivity index (χ4v) is 2.15. The second-order valence-corrected chi connectivity index (χ2v) is 5.12. The highest BCUT2D eigenvalue weighted by atomic mass is 35.5. The van der Waals surface area contributed by atoms with Gasteiger partial charge in [-0.15, -0.1) is 12.4 Å². The third-order valence-electron chi connectivity index (χ3n) is 2.86. The first-order valence-corrected chi connectivity index (χ1v) is 7.89. The van der Waals surface area contributed by atoms with E-state index in [2.05, 4.69) is 19.2 Å². The SMILES string of the molecule is CCCCNCc1cc(Cl)c(OCCC)c(OCC)c1.Cl. The summed E-state index contributed by atoms with van der Waals surface area (Å²) in [6.45, 7) is 9.29. The van der Waals surface area contributed by atoms with Crippen molar-refractivity contribution in [1.29, 1.82) is 0 Å². The minimum Gasteiger partial charge on any atom is -0.490 e. The molecule has 0 atom stereocenters. The van der Waals surface area contributed by atoms with Crippen molar-refractivity contribution in [2.45, 2.75) is 46.6 Å². The number of nitrogens with one attached hydrogen (secondary N) is 1. The summed E-state index contributed by atoms with van der Waals surface area (Å²) in [4.78, 5) is 0. The van der Waals surface area contributed by atoms with Crippen LogP contribution in [0.3, 0.4) is 0 Å². The second kappa shape index (κ2) is 12.0. The molecule has 0 saturated carbocycles. The lowest BCUT2D eigenvalue weighted by molar-refractivity contribution is 0.277. The van der Waals surface area contributed by atoms with Crippen LogP contribution in [0.5, 0.6) is 11.5 Å². The van der Waals surface area contributed by atoms with Crippen molar-refractivity contribution in [1.82, 2.24) is 5.32 Å². The van der Waals surface area contributed by atoms with Crippen LogP contribution < -0.4 is 14.8 Å². The molecule has 1 aromatic rings. The topological polar surface area (TPSA) is 30.5 Å². The molecular formula is C16H27Cl2NO2. The van der Waals surface area contributed by atoms with Crippen LogP contribution in [0.1, 0.15) is 45.6 Å². The maximum atomic E-state index is 6.31. The molecule has 0 unspecified atom stereocenters. The van der Waals surface area contributed by atoms with Crippen molar-refractivity contribution in [3.63, 3.8) is 0 Å². The van der Waals surface area contributed by atoms with Crippen molar-refractivity contribution in [2.75, 3.05) is 19.8 Å². The Labute approximate surface area is 139 Å². The summed E-state index contributed by atoms with van der Waals surface area (Å²) < 4.78 is 11.3. The lowest BCUT2D eigenvalue weighted by atomic mass is 10.2. The Morgan fingerprint density at radius 1 is 1.10 bits per heavy atom. The summed E-state index contributed by atoms with van der Waals surface area (Å²) in [6.07, 6.45) is 3.33. The largest absolute Gasteiger partial charge is 0.490 e. The monoisotopic (exact) mass is 335 g/mol. The van der Waals surface area contributed by atoms with E-state index in [1.165, 1.54) is 12.8 Å². The van der Waals surface area contributed by atoms with Gasteiger partial charge in [0, 0.05) is 6.54 Å². The number of unbranched alkanes of at least 4 members (excludes halogenated alkanes) is 1. The molecule has 5 heteroatoms. The Bertz CT molecular complexity index is 400. The van der Waals surface area contributed by atoms with Crippen LogP contribution in [0.2, 0.25) is 5.02 Å². The fraction of sp³-hybridized carbons (Fsp3) is 0.625. The molecule has 0 saturated heterocycles. The molecule has 0 fully saturated rings. The van der Waals surface area contributed by atoms with Crippen LogP contribution in [0.4, 0.5) is 0 Å². The van der Waals surface area contributed by atoms with Crippen LogP contribution in [0, 0.1) is 0 Å². The zero-order valence-corrected chi connectivity index (χ0v) is 14.8. The van der Waals surface area contributed by atoms with E-state index in [0.29, 0.717) is 24.0 Å². The van der Waals surface area contributed by atoms with Crippen molar-refractivity contribution in [3.05, 3.63) is 22.7 Å². The summed E-state index contributed by atoms with van der Waals surface area (Å²) in [5.74, 6) is 1.40. The first-order chi connectivity index (χ1) is 9.72. The van der Waals surface area contributed by atoms with Gasteiger partial charge in [0.2, 0.25) is 0 Å². The predicted molar refractivity (Wildman–Crippen MR) is 92.3 cm³/mol. The van der Waals surface area contributed by atoms with Crippen molar-refractivity contribution in [2.24, 2.45) is 0 Å². The van der Waals surface area contributed by atoms with Gasteiger partial charge in [-0.2, -0.15) is 0 Å². The average Bonchev–Trinajstić information content (AvgIpc) is 2.43. The van der Waals surface area contributed by atoms with Crippen LogP contribution in [0.15, 0.2) is 12.1 Å². The van der Waals surface area contributed by atoms with Crippen LogP contribution >= 0.6 is 24.0 Å². The molecule has 0 aliphatic carbocycles. The van der Waals surface area contributed by atoms with Gasteiger partial charge in [0.15, 0.2) is 11.5 Å². The van der Waals surface area contributed by atoms with E-state index in [1.807, 2.05) is 19.1 Å². The molecule has 21 heavy (non-hydrogen) atoms. The minimum atomic E-state index is 0. The summed E-state index contributed by atoms with van der Waals surface area (Å²) in [7, 11) is 0. The molecule has 1 aromatic carbocycles. The maximum Gasteiger partial charge on any atom is 0.179 e. The highest BCUT2D eigenvalue weighted by Crippen LogP contribution is 2.36. The zero-order chi connectivity index (χ0) is 14.8. The molecule has 3 nitrogen and oxygen atoms in total. The van der Waals surface area contributed by atoms with Gasteiger partial charge in [-0.25, -0.2) is 0 Å². The smallest absolute Gasteiger partial charge is 0.179 e. The molecule has 0 bridgehead atoms. The number of ether oxygens (including phenoxy) is 2. The Morgan fingerprint density at radius 3 is 2.48 bits per heavy atom. The molecule has 1 N–H and O–H groups in total. The Balaban J connectivity index is 0.00000400. The molecule has 0 heterocycles. The third-order valence-corrected chi connectivity index (χ3v) is 3.14. The second-order valence-electron chi connectivity index (χ2n) is 4.72.